The van der Waals surface area contributed by atoms with Crippen LogP contribution in [0.2, 0.25) is 0 Å². The lowest BCUT2D eigenvalue weighted by Crippen LogP contribution is -2.50. The Morgan fingerprint density at radius 2 is 1.94 bits per heavy atom. The summed E-state index contributed by atoms with van der Waals surface area (Å²) in [6.07, 6.45) is 4.95. The smallest absolute Gasteiger partial charge is 0.276 e. The largest absolute Gasteiger partial charge is 0.493 e. The molecule has 0 saturated heterocycles. The second kappa shape index (κ2) is 11.2. The van der Waals surface area contributed by atoms with Crippen molar-refractivity contribution in [2.45, 2.75) is 52.1 Å². The number of para-hydroxylation sites is 1. The fourth-order valence-corrected chi connectivity index (χ4v) is 5.09. The number of hydrogen-bond acceptors (Lipinski definition) is 6. The van der Waals surface area contributed by atoms with Crippen LogP contribution in [-0.4, -0.2) is 28.4 Å². The number of amides is 1. The van der Waals surface area contributed by atoms with Crippen molar-refractivity contribution in [3.05, 3.63) is 63.1 Å². The summed E-state index contributed by atoms with van der Waals surface area (Å²) in [5.41, 5.74) is 1.41. The molecule has 2 aliphatic heterocycles. The molecule has 0 aromatic heterocycles. The van der Waals surface area contributed by atoms with Gasteiger partial charge in [-0.15, -0.1) is 5.10 Å². The number of ether oxygens (including phenoxy) is 1. The van der Waals surface area contributed by atoms with Gasteiger partial charge < -0.3 is 4.74 Å². The minimum absolute atomic E-state index is 0.162. The summed E-state index contributed by atoms with van der Waals surface area (Å²) in [5, 5.41) is 11.7. The molecule has 2 aromatic rings. The highest BCUT2D eigenvalue weighted by atomic mass is 79.9. The highest BCUT2D eigenvalue weighted by Gasteiger charge is 2.35. The van der Waals surface area contributed by atoms with Gasteiger partial charge in [0.2, 0.25) is 0 Å². The predicted octanol–water partition coefficient (Wildman–Crippen LogP) is 4.69. The summed E-state index contributed by atoms with van der Waals surface area (Å²) < 4.78 is 7.05. The lowest BCUT2D eigenvalue weighted by Gasteiger charge is -2.34. The lowest BCUT2D eigenvalue weighted by molar-refractivity contribution is -0.116. The summed E-state index contributed by atoms with van der Waals surface area (Å²) in [6.45, 7) is 4.98. The molecule has 174 valence electrons. The Hall–Kier alpha value is -2.32. The van der Waals surface area contributed by atoms with Crippen molar-refractivity contribution in [2.24, 2.45) is 10.1 Å². The van der Waals surface area contributed by atoms with Gasteiger partial charge in [-0.05, 0) is 37.1 Å². The zero-order valence-electron chi connectivity index (χ0n) is 19.0. The van der Waals surface area contributed by atoms with E-state index in [9.17, 15) is 4.79 Å². The number of nitrogens with one attached hydrogen (secondary N) is 1. The van der Waals surface area contributed by atoms with Gasteiger partial charge in [0.1, 0.15) is 11.4 Å². The number of halogens is 1. The van der Waals surface area contributed by atoms with Crippen LogP contribution in [0.4, 0.5) is 0 Å². The van der Waals surface area contributed by atoms with Crippen LogP contribution in [0.5, 0.6) is 5.75 Å². The average Bonchev–Trinajstić information content (AvgIpc) is 2.82. The van der Waals surface area contributed by atoms with Crippen molar-refractivity contribution >= 4 is 44.5 Å². The van der Waals surface area contributed by atoms with E-state index in [-0.39, 0.29) is 5.91 Å². The second-order valence-corrected chi connectivity index (χ2v) is 10.0. The van der Waals surface area contributed by atoms with Gasteiger partial charge in [0.05, 0.1) is 12.0 Å². The molecule has 1 atom stereocenters. The fraction of sp³-hybridized carbons (Fsp3) is 0.400. The van der Waals surface area contributed by atoms with Crippen molar-refractivity contribution in [3.8, 4) is 5.75 Å². The molecular formula is C25H29BrN4O2S. The van der Waals surface area contributed by atoms with Gasteiger partial charge in [0, 0.05) is 21.0 Å². The van der Waals surface area contributed by atoms with Gasteiger partial charge in [0.15, 0.2) is 11.3 Å². The normalized spacial score (nSPS) is 17.0. The third-order valence-corrected chi connectivity index (χ3v) is 6.95. The van der Waals surface area contributed by atoms with E-state index < -0.39 is 6.17 Å². The first-order valence-electron chi connectivity index (χ1n) is 11.5. The van der Waals surface area contributed by atoms with E-state index in [4.69, 9.17) is 14.8 Å². The van der Waals surface area contributed by atoms with Crippen LogP contribution in [0.25, 0.3) is 5.70 Å². The number of carbonyl (C=O) groups is 1. The maximum atomic E-state index is 13.3. The maximum Gasteiger partial charge on any atom is 0.276 e. The van der Waals surface area contributed by atoms with Gasteiger partial charge in [-0.1, -0.05) is 79.0 Å². The van der Waals surface area contributed by atoms with E-state index in [0.29, 0.717) is 17.5 Å². The number of hydrogen-bond donors (Lipinski definition) is 1. The van der Waals surface area contributed by atoms with E-state index in [1.54, 1.807) is 16.8 Å². The third kappa shape index (κ3) is 5.44. The molecule has 1 N–H and O–H groups in total. The summed E-state index contributed by atoms with van der Waals surface area (Å²) in [5.74, 6) is 1.52. The van der Waals surface area contributed by atoms with E-state index in [1.165, 1.54) is 0 Å². The van der Waals surface area contributed by atoms with Crippen LogP contribution < -0.4 is 20.6 Å². The van der Waals surface area contributed by atoms with Crippen molar-refractivity contribution in [1.82, 2.24) is 10.3 Å². The third-order valence-electron chi connectivity index (χ3n) is 5.51. The van der Waals surface area contributed by atoms with E-state index in [0.717, 1.165) is 64.2 Å². The lowest BCUT2D eigenvalue weighted by atomic mass is 10.1. The number of thioether (sulfide) groups is 1. The minimum atomic E-state index is -0.483. The Kier molecular flexibility index (Phi) is 8.09. The summed E-state index contributed by atoms with van der Waals surface area (Å²) in [7, 11) is 0. The fourth-order valence-electron chi connectivity index (χ4n) is 3.79. The molecule has 0 aliphatic carbocycles. The van der Waals surface area contributed by atoms with Gasteiger partial charge in [-0.3, -0.25) is 15.1 Å². The maximum absolute atomic E-state index is 13.3. The number of fused-ring (bicyclic) bond motifs is 2. The number of rotatable bonds is 9. The zero-order valence-corrected chi connectivity index (χ0v) is 21.4. The Balaban J connectivity index is 1.78. The Bertz CT molecular complexity index is 1170. The van der Waals surface area contributed by atoms with Crippen LogP contribution in [0.3, 0.4) is 0 Å². The molecule has 0 bridgehead atoms. The standard InChI is InChI=1S/C25H29BrN4O2S/c1-3-5-9-14-32-21-11-8-7-10-18(21)23-27-20-13-12-17(26)16-19(20)22-24(31)28-25(29-30(22)23)33-15-6-4-2/h7-8,10-13,16,23H,3-6,9,14-15H2,1-2H3,(H,28,29,31)/t23-/m0/s1. The molecule has 0 fully saturated rings. The van der Waals surface area contributed by atoms with Crippen LogP contribution in [0, 0.1) is 0 Å². The van der Waals surface area contributed by atoms with Gasteiger partial charge >= 0.3 is 0 Å². The van der Waals surface area contributed by atoms with Crippen molar-refractivity contribution in [2.75, 3.05) is 12.4 Å². The number of benzene rings is 2. The molecule has 2 aromatic carbocycles. The highest BCUT2D eigenvalue weighted by Crippen LogP contribution is 2.35. The average molecular weight is 530 g/mol. The Labute approximate surface area is 207 Å². The first-order valence-corrected chi connectivity index (χ1v) is 13.3. The van der Waals surface area contributed by atoms with Crippen LogP contribution >= 0.6 is 27.7 Å². The van der Waals surface area contributed by atoms with Gasteiger partial charge in [0.25, 0.3) is 5.91 Å². The SMILES string of the molecule is CCCCCOc1ccccc1[C@H]1N=c2ccc(Br)cc2=C2C(=O)NC(SCCCC)=NN21. The van der Waals surface area contributed by atoms with Crippen LogP contribution in [0.15, 0.2) is 57.0 Å². The van der Waals surface area contributed by atoms with Gasteiger partial charge in [-0.25, -0.2) is 5.01 Å². The summed E-state index contributed by atoms with van der Waals surface area (Å²) >= 11 is 5.10. The van der Waals surface area contributed by atoms with E-state index in [2.05, 4.69) is 35.1 Å². The van der Waals surface area contributed by atoms with E-state index >= 15 is 0 Å². The minimum Gasteiger partial charge on any atom is -0.493 e. The number of carbonyl (C=O) groups excluding carboxylic acids is 1. The molecule has 4 rings (SSSR count). The molecule has 2 aliphatic rings. The number of amidine groups is 1. The predicted molar refractivity (Wildman–Crippen MR) is 137 cm³/mol. The topological polar surface area (TPSA) is 66.3 Å². The molecular weight excluding hydrogens is 500 g/mol. The molecule has 0 unspecified atom stereocenters. The van der Waals surface area contributed by atoms with Gasteiger partial charge in [-0.2, -0.15) is 0 Å². The van der Waals surface area contributed by atoms with Crippen molar-refractivity contribution < 1.29 is 9.53 Å². The molecule has 2 heterocycles. The molecule has 1 amide bonds. The Morgan fingerprint density at radius 1 is 1.12 bits per heavy atom. The Morgan fingerprint density at radius 3 is 2.76 bits per heavy atom. The molecule has 6 nitrogen and oxygen atoms in total. The molecule has 0 radical (unpaired) electrons. The quantitative estimate of drug-likeness (QED) is 0.479. The first-order chi connectivity index (χ1) is 16.1. The number of hydrazone groups is 1. The highest BCUT2D eigenvalue weighted by molar-refractivity contribution is 9.10. The van der Waals surface area contributed by atoms with Crippen molar-refractivity contribution in [3.63, 3.8) is 0 Å². The van der Waals surface area contributed by atoms with Crippen LogP contribution in [0.1, 0.15) is 57.7 Å². The molecule has 8 heteroatoms. The zero-order chi connectivity index (χ0) is 23.2. The first kappa shape index (κ1) is 23.8. The monoisotopic (exact) mass is 528 g/mol. The van der Waals surface area contributed by atoms with E-state index in [1.807, 2.05) is 42.5 Å². The number of unbranched alkanes of at least 4 members (excludes halogenated alkanes) is 3. The van der Waals surface area contributed by atoms with Crippen LogP contribution in [-0.2, 0) is 4.79 Å². The summed E-state index contributed by atoms with van der Waals surface area (Å²) in [4.78, 5) is 18.3. The molecule has 0 saturated carbocycles. The molecule has 0 spiro atoms. The second-order valence-electron chi connectivity index (χ2n) is 8.01. The number of nitrogens with zero attached hydrogens (tertiary/aromatic N) is 3. The molecule has 33 heavy (non-hydrogen) atoms. The van der Waals surface area contributed by atoms with Crippen molar-refractivity contribution in [1.29, 1.82) is 0 Å². The summed E-state index contributed by atoms with van der Waals surface area (Å²) in [6, 6.07) is 13.7.